The molecular weight excluding hydrogens is 559 g/mol. The molecule has 4 N–H and O–H groups in total. The number of nitrogens with zero attached hydrogens (tertiary/aromatic N) is 2. The van der Waals surface area contributed by atoms with Gasteiger partial charge in [0.1, 0.15) is 23.0 Å². The summed E-state index contributed by atoms with van der Waals surface area (Å²) in [5.41, 5.74) is 4.91. The predicted molar refractivity (Wildman–Crippen MR) is 167 cm³/mol. The van der Waals surface area contributed by atoms with E-state index in [1.165, 1.54) is 12.1 Å². The number of carbonyl (C=O) groups excluding carboxylic acids is 2. The number of fused-ring (bicyclic) bond motifs is 1. The number of benzene rings is 2. The topological polar surface area (TPSA) is 121 Å². The molecule has 1 aliphatic carbocycles. The lowest BCUT2D eigenvalue weighted by Gasteiger charge is -2.15. The number of pyridine rings is 2. The van der Waals surface area contributed by atoms with Crippen molar-refractivity contribution in [1.29, 1.82) is 0 Å². The molecule has 0 spiro atoms. The molecule has 1 fully saturated rings. The molecule has 3 aromatic heterocycles. The normalized spacial score (nSPS) is 12.7. The summed E-state index contributed by atoms with van der Waals surface area (Å²) in [6.45, 7) is 4.48. The van der Waals surface area contributed by atoms with Gasteiger partial charge in [0.25, 0.3) is 11.8 Å². The average Bonchev–Trinajstić information content (AvgIpc) is 3.73. The quantitative estimate of drug-likeness (QED) is 0.150. The summed E-state index contributed by atoms with van der Waals surface area (Å²) in [5.74, 6) is 0.307. The molecule has 0 bridgehead atoms. The second-order valence-electron chi connectivity index (χ2n) is 11.2. The van der Waals surface area contributed by atoms with Gasteiger partial charge in [0, 0.05) is 48.7 Å². The van der Waals surface area contributed by atoms with E-state index in [0.717, 1.165) is 34.9 Å². The van der Waals surface area contributed by atoms with E-state index in [1.807, 2.05) is 44.3 Å². The molecule has 10 heteroatoms. The summed E-state index contributed by atoms with van der Waals surface area (Å²) in [6, 6.07) is 17.6. The molecule has 3 heterocycles. The fraction of sp³-hybridized carbons (Fsp3) is 0.235. The third-order valence-electron chi connectivity index (χ3n) is 7.21. The van der Waals surface area contributed by atoms with Gasteiger partial charge in [-0.15, -0.1) is 0 Å². The standard InChI is InChI=1S/C34H33FN6O3/c1-20(2)44-27-13-22(17-37-31-28(7-4-10-36-31)34(43)40-16-21-5-3-6-25(35)12-21)11-23(14-27)30-19-39-32-29(30)15-24(18-38-32)33(42)41-26-8-9-26/h3-7,10-15,18-20,26H,8-9,16-17H2,1-2H3,(H,36,37)(H,38,39)(H,40,43)(H,41,42). The molecule has 1 aliphatic rings. The summed E-state index contributed by atoms with van der Waals surface area (Å²) >= 11 is 0. The van der Waals surface area contributed by atoms with Gasteiger partial charge in [0.05, 0.1) is 17.2 Å². The molecule has 0 radical (unpaired) electrons. The Labute approximate surface area is 254 Å². The lowest BCUT2D eigenvalue weighted by molar-refractivity contribution is 0.0943. The number of H-pyrrole nitrogens is 1. The zero-order chi connectivity index (χ0) is 30.6. The lowest BCUT2D eigenvalue weighted by Crippen LogP contribution is -2.25. The molecule has 0 atom stereocenters. The number of anilines is 1. The van der Waals surface area contributed by atoms with Crippen LogP contribution in [0.25, 0.3) is 22.2 Å². The van der Waals surface area contributed by atoms with E-state index in [-0.39, 0.29) is 36.3 Å². The third-order valence-corrected chi connectivity index (χ3v) is 7.21. The summed E-state index contributed by atoms with van der Waals surface area (Å²) < 4.78 is 19.7. The van der Waals surface area contributed by atoms with Crippen LogP contribution in [-0.4, -0.2) is 38.9 Å². The van der Waals surface area contributed by atoms with Gasteiger partial charge >= 0.3 is 0 Å². The summed E-state index contributed by atoms with van der Waals surface area (Å²) in [7, 11) is 0. The highest BCUT2D eigenvalue weighted by atomic mass is 19.1. The van der Waals surface area contributed by atoms with Crippen molar-refractivity contribution in [1.82, 2.24) is 25.6 Å². The van der Waals surface area contributed by atoms with Gasteiger partial charge < -0.3 is 25.7 Å². The van der Waals surface area contributed by atoms with Crippen molar-refractivity contribution < 1.29 is 18.7 Å². The number of rotatable bonds is 11. The van der Waals surface area contributed by atoms with Crippen molar-refractivity contribution in [2.75, 3.05) is 5.32 Å². The average molecular weight is 593 g/mol. The largest absolute Gasteiger partial charge is 0.491 e. The maximum Gasteiger partial charge on any atom is 0.255 e. The molecule has 2 amide bonds. The van der Waals surface area contributed by atoms with Crippen LogP contribution in [0.2, 0.25) is 0 Å². The lowest BCUT2D eigenvalue weighted by atomic mass is 10.0. The minimum atomic E-state index is -0.355. The van der Waals surface area contributed by atoms with Crippen LogP contribution in [0.3, 0.4) is 0 Å². The van der Waals surface area contributed by atoms with Crippen LogP contribution in [0.1, 0.15) is 58.5 Å². The highest BCUT2D eigenvalue weighted by molar-refractivity contribution is 6.01. The van der Waals surface area contributed by atoms with Crippen LogP contribution in [0, 0.1) is 5.82 Å². The zero-order valence-corrected chi connectivity index (χ0v) is 24.5. The molecule has 0 unspecified atom stereocenters. The maximum atomic E-state index is 13.6. The number of aromatic nitrogens is 3. The van der Waals surface area contributed by atoms with Crippen molar-refractivity contribution in [2.45, 2.75) is 51.9 Å². The van der Waals surface area contributed by atoms with Gasteiger partial charge in [-0.2, -0.15) is 0 Å². The van der Waals surface area contributed by atoms with Gasteiger partial charge in [-0.3, -0.25) is 9.59 Å². The van der Waals surface area contributed by atoms with E-state index >= 15 is 0 Å². The molecule has 1 saturated carbocycles. The van der Waals surface area contributed by atoms with Gasteiger partial charge in [-0.25, -0.2) is 14.4 Å². The number of hydrogen-bond acceptors (Lipinski definition) is 6. The van der Waals surface area contributed by atoms with Crippen molar-refractivity contribution >= 4 is 28.7 Å². The minimum Gasteiger partial charge on any atom is -0.491 e. The molecular formula is C34H33FN6O3. The van der Waals surface area contributed by atoms with Gasteiger partial charge in [0.2, 0.25) is 0 Å². The molecule has 224 valence electrons. The van der Waals surface area contributed by atoms with Gasteiger partial charge in [-0.05, 0) is 91.9 Å². The number of halogens is 1. The summed E-state index contributed by atoms with van der Waals surface area (Å²) in [5, 5.41) is 9.99. The number of amides is 2. The van der Waals surface area contributed by atoms with Gasteiger partial charge in [-0.1, -0.05) is 12.1 Å². The van der Waals surface area contributed by atoms with Crippen LogP contribution in [0.4, 0.5) is 10.2 Å². The molecule has 2 aromatic carbocycles. The molecule has 9 nitrogen and oxygen atoms in total. The zero-order valence-electron chi connectivity index (χ0n) is 24.5. The van der Waals surface area contributed by atoms with E-state index in [0.29, 0.717) is 40.4 Å². The van der Waals surface area contributed by atoms with Crippen molar-refractivity contribution in [2.24, 2.45) is 0 Å². The maximum absolute atomic E-state index is 13.6. The Hall–Kier alpha value is -5.25. The summed E-state index contributed by atoms with van der Waals surface area (Å²) in [4.78, 5) is 37.9. The number of hydrogen-bond donors (Lipinski definition) is 4. The van der Waals surface area contributed by atoms with E-state index in [2.05, 4.69) is 30.9 Å². The first kappa shape index (κ1) is 28.9. The molecule has 44 heavy (non-hydrogen) atoms. The fourth-order valence-electron chi connectivity index (χ4n) is 4.96. The molecule has 0 aliphatic heterocycles. The first-order valence-electron chi connectivity index (χ1n) is 14.6. The minimum absolute atomic E-state index is 0.0439. The number of carbonyl (C=O) groups is 2. The molecule has 5 aromatic rings. The second kappa shape index (κ2) is 12.5. The Bertz CT molecular complexity index is 1830. The van der Waals surface area contributed by atoms with Crippen molar-refractivity contribution in [3.05, 3.63) is 107 Å². The number of ether oxygens (including phenoxy) is 1. The second-order valence-corrected chi connectivity index (χ2v) is 11.2. The Morgan fingerprint density at radius 1 is 1.00 bits per heavy atom. The van der Waals surface area contributed by atoms with Crippen LogP contribution in [0.5, 0.6) is 5.75 Å². The van der Waals surface area contributed by atoms with E-state index in [1.54, 1.807) is 36.7 Å². The first-order valence-corrected chi connectivity index (χ1v) is 14.6. The van der Waals surface area contributed by atoms with E-state index in [9.17, 15) is 14.0 Å². The van der Waals surface area contributed by atoms with Gasteiger partial charge in [0.15, 0.2) is 0 Å². The van der Waals surface area contributed by atoms with Crippen LogP contribution < -0.4 is 20.7 Å². The monoisotopic (exact) mass is 592 g/mol. The Morgan fingerprint density at radius 2 is 1.86 bits per heavy atom. The summed E-state index contributed by atoms with van der Waals surface area (Å²) in [6.07, 6.45) is 7.06. The number of aromatic amines is 1. The Kier molecular flexibility index (Phi) is 8.23. The fourth-order valence-corrected chi connectivity index (χ4v) is 4.96. The van der Waals surface area contributed by atoms with Crippen molar-refractivity contribution in [3.63, 3.8) is 0 Å². The molecule has 6 rings (SSSR count). The van der Waals surface area contributed by atoms with Crippen LogP contribution in [-0.2, 0) is 13.1 Å². The van der Waals surface area contributed by atoms with Crippen LogP contribution >= 0.6 is 0 Å². The van der Waals surface area contributed by atoms with Crippen LogP contribution in [0.15, 0.2) is 79.3 Å². The molecule has 0 saturated heterocycles. The predicted octanol–water partition coefficient (Wildman–Crippen LogP) is 5.99. The highest BCUT2D eigenvalue weighted by Crippen LogP contribution is 2.33. The van der Waals surface area contributed by atoms with E-state index in [4.69, 9.17) is 4.74 Å². The first-order chi connectivity index (χ1) is 21.3. The smallest absolute Gasteiger partial charge is 0.255 e. The highest BCUT2D eigenvalue weighted by Gasteiger charge is 2.24. The SMILES string of the molecule is CC(C)Oc1cc(CNc2ncccc2C(=O)NCc2cccc(F)c2)cc(-c2c[nH]c3ncc(C(=O)NC4CC4)cc23)c1. The Balaban J connectivity index is 1.24. The number of nitrogens with one attached hydrogen (secondary N) is 4. The van der Waals surface area contributed by atoms with E-state index < -0.39 is 0 Å². The van der Waals surface area contributed by atoms with Crippen molar-refractivity contribution in [3.8, 4) is 16.9 Å². The third kappa shape index (κ3) is 6.86. The Morgan fingerprint density at radius 3 is 2.66 bits per heavy atom.